The minimum atomic E-state index is -4.87. The molecule has 1 aromatic rings. The van der Waals surface area contributed by atoms with Gasteiger partial charge in [-0.2, -0.15) is 18.6 Å². The monoisotopic (exact) mass is 369 g/mol. The average molecular weight is 369 g/mol. The molecule has 0 aliphatic carbocycles. The second-order valence-corrected chi connectivity index (χ2v) is 6.53. The first-order valence-corrected chi connectivity index (χ1v) is 7.98. The number of likely N-dealkylation sites (N-methyl/N-ethyl adjacent to an activating group) is 1. The Bertz CT molecular complexity index is 799. The summed E-state index contributed by atoms with van der Waals surface area (Å²) in [4.78, 5) is 27.5. The maximum Gasteiger partial charge on any atom is 1.00 e. The van der Waals surface area contributed by atoms with Crippen LogP contribution in [0.3, 0.4) is 0 Å². The van der Waals surface area contributed by atoms with E-state index in [0.29, 0.717) is 16.3 Å². The fourth-order valence-electron chi connectivity index (χ4n) is 2.92. The molecule has 2 atom stereocenters. The predicted molar refractivity (Wildman–Crippen MR) is 75.1 cm³/mol. The summed E-state index contributed by atoms with van der Waals surface area (Å²) in [7, 11) is -0.143. The Kier molecular flexibility index (Phi) is 5.01. The van der Waals surface area contributed by atoms with Crippen molar-refractivity contribution >= 4 is 22.3 Å². The Hall–Kier alpha value is -1.18. The molecule has 1 fully saturated rings. The maximum absolute atomic E-state index is 12.5. The Morgan fingerprint density at radius 3 is 2.67 bits per heavy atom. The Labute approximate surface area is 161 Å². The van der Waals surface area contributed by atoms with Gasteiger partial charge in [0.25, 0.3) is 5.91 Å². The van der Waals surface area contributed by atoms with Gasteiger partial charge in [0.2, 0.25) is 0 Å². The number of fused-ring (bicyclic) bond motifs is 4. The molecule has 0 spiro atoms. The van der Waals surface area contributed by atoms with Crippen LogP contribution in [-0.4, -0.2) is 70.2 Å². The van der Waals surface area contributed by atoms with Crippen LogP contribution in [0.2, 0.25) is 0 Å². The molecule has 2 aliphatic rings. The number of aryl methyl sites for hydroxylation is 1. The van der Waals surface area contributed by atoms with E-state index in [0.717, 1.165) is 0 Å². The average Bonchev–Trinajstić information content (AvgIpc) is 2.93. The molecule has 11 nitrogen and oxygen atoms in total. The van der Waals surface area contributed by atoms with Crippen molar-refractivity contribution in [2.75, 3.05) is 20.6 Å². The number of carbonyl (C=O) groups excluding carboxylic acids is 2. The van der Waals surface area contributed by atoms with Gasteiger partial charge < -0.3 is 11.2 Å². The van der Waals surface area contributed by atoms with Gasteiger partial charge in [0.1, 0.15) is 6.04 Å². The third kappa shape index (κ3) is 2.93. The zero-order valence-corrected chi connectivity index (χ0v) is 16.4. The molecule has 0 aromatic carbocycles. The van der Waals surface area contributed by atoms with Crippen LogP contribution in [0, 0.1) is 0 Å². The molecule has 0 saturated carbocycles. The SMILES string of the molecule is CN(C)C(=O)[C@H]1c2c(cnn2C)[C@H]2CN1C(=O)N2OS(=O)(=O)O.[H-].[Na+]. The van der Waals surface area contributed by atoms with Crippen LogP contribution in [0.4, 0.5) is 4.79 Å². The van der Waals surface area contributed by atoms with E-state index in [2.05, 4.69) is 9.38 Å². The molecule has 3 rings (SSSR count). The number of urea groups is 1. The molecule has 3 amide bonds. The zero-order valence-electron chi connectivity index (χ0n) is 14.6. The van der Waals surface area contributed by atoms with Gasteiger partial charge in [0.05, 0.1) is 18.4 Å². The van der Waals surface area contributed by atoms with Crippen LogP contribution in [0.15, 0.2) is 6.20 Å². The second kappa shape index (κ2) is 6.28. The first-order valence-electron chi connectivity index (χ1n) is 6.61. The van der Waals surface area contributed by atoms with Gasteiger partial charge in [0.15, 0.2) is 6.04 Å². The van der Waals surface area contributed by atoms with Crippen LogP contribution >= 0.6 is 0 Å². The zero-order chi connectivity index (χ0) is 17.1. The Balaban J connectivity index is 0.00000156. The van der Waals surface area contributed by atoms with E-state index < -0.39 is 28.5 Å². The van der Waals surface area contributed by atoms with E-state index in [9.17, 15) is 18.0 Å². The van der Waals surface area contributed by atoms with E-state index in [1.807, 2.05) is 0 Å². The molecule has 0 unspecified atom stereocenters. The molecule has 2 aliphatic heterocycles. The Morgan fingerprint density at radius 2 is 2.12 bits per heavy atom. The van der Waals surface area contributed by atoms with Crippen LogP contribution < -0.4 is 29.6 Å². The number of hydroxylamine groups is 2. The molecule has 1 aromatic heterocycles. The first-order chi connectivity index (χ1) is 10.6. The maximum atomic E-state index is 12.5. The van der Waals surface area contributed by atoms with Crippen molar-refractivity contribution in [2.45, 2.75) is 12.1 Å². The topological polar surface area (TPSA) is 125 Å². The van der Waals surface area contributed by atoms with E-state index in [-0.39, 0.29) is 43.4 Å². The van der Waals surface area contributed by atoms with Crippen molar-refractivity contribution in [3.63, 3.8) is 0 Å². The van der Waals surface area contributed by atoms with Gasteiger partial charge in [-0.25, -0.2) is 4.79 Å². The molecule has 24 heavy (non-hydrogen) atoms. The largest absolute Gasteiger partial charge is 1.00 e. The second-order valence-electron chi connectivity index (χ2n) is 5.52. The number of rotatable bonds is 3. The van der Waals surface area contributed by atoms with Crippen molar-refractivity contribution in [1.29, 1.82) is 0 Å². The molecule has 0 radical (unpaired) electrons. The summed E-state index contributed by atoms with van der Waals surface area (Å²) in [6, 6.07) is -2.53. The minimum absolute atomic E-state index is 0. The fraction of sp³-hybridized carbons (Fsp3) is 0.545. The third-order valence-corrected chi connectivity index (χ3v) is 4.23. The van der Waals surface area contributed by atoms with Gasteiger partial charge in [-0.3, -0.25) is 14.0 Å². The van der Waals surface area contributed by atoms with Crippen molar-refractivity contribution in [1.82, 2.24) is 24.6 Å². The van der Waals surface area contributed by atoms with Crippen molar-refractivity contribution < 1.29 is 57.8 Å². The summed E-state index contributed by atoms with van der Waals surface area (Å²) in [6.07, 6.45) is 1.45. The van der Waals surface area contributed by atoms with Crippen molar-refractivity contribution in [3.8, 4) is 0 Å². The number of hydrogen-bond acceptors (Lipinski definition) is 6. The fourth-order valence-corrected chi connectivity index (χ4v) is 3.29. The third-order valence-electron chi connectivity index (χ3n) is 3.88. The summed E-state index contributed by atoms with van der Waals surface area (Å²) in [5.41, 5.74) is 0.980. The normalized spacial score (nSPS) is 22.2. The van der Waals surface area contributed by atoms with Crippen LogP contribution in [0.5, 0.6) is 0 Å². The molecular weight excluding hydrogens is 353 g/mol. The summed E-state index contributed by atoms with van der Waals surface area (Å²) in [5.74, 6) is -0.352. The van der Waals surface area contributed by atoms with Gasteiger partial charge in [-0.1, -0.05) is 0 Å². The van der Waals surface area contributed by atoms with Crippen LogP contribution in [-0.2, 0) is 26.5 Å². The van der Waals surface area contributed by atoms with Gasteiger partial charge in [0, 0.05) is 26.7 Å². The summed E-state index contributed by atoms with van der Waals surface area (Å²) < 4.78 is 36.7. The minimum Gasteiger partial charge on any atom is -1.00 e. The summed E-state index contributed by atoms with van der Waals surface area (Å²) in [6.45, 7) is 0.0529. The molecule has 1 N–H and O–H groups in total. The number of carbonyl (C=O) groups is 2. The molecule has 13 heteroatoms. The van der Waals surface area contributed by atoms with E-state index in [1.165, 1.54) is 20.7 Å². The first kappa shape index (κ1) is 19.1. The predicted octanol–water partition coefficient (Wildman–Crippen LogP) is -3.81. The summed E-state index contributed by atoms with van der Waals surface area (Å²) in [5, 5.41) is 4.63. The molecule has 3 heterocycles. The smallest absolute Gasteiger partial charge is 1.00 e. The number of nitrogens with zero attached hydrogens (tertiary/aromatic N) is 5. The molecule has 1 saturated heterocycles. The number of hydrogen-bond donors (Lipinski definition) is 1. The van der Waals surface area contributed by atoms with E-state index in [4.69, 9.17) is 4.55 Å². The quantitative estimate of drug-likeness (QED) is 0.428. The van der Waals surface area contributed by atoms with Crippen LogP contribution in [0.1, 0.15) is 24.8 Å². The van der Waals surface area contributed by atoms with E-state index >= 15 is 0 Å². The van der Waals surface area contributed by atoms with Gasteiger partial charge >= 0.3 is 46.0 Å². The van der Waals surface area contributed by atoms with Crippen LogP contribution in [0.25, 0.3) is 0 Å². The summed E-state index contributed by atoms with van der Waals surface area (Å²) >= 11 is 0. The van der Waals surface area contributed by atoms with E-state index in [1.54, 1.807) is 21.1 Å². The van der Waals surface area contributed by atoms with Crippen molar-refractivity contribution in [2.24, 2.45) is 7.05 Å². The molecular formula is C11H16N5NaO6S. The van der Waals surface area contributed by atoms with Gasteiger partial charge in [-0.15, -0.1) is 4.28 Å². The standard InChI is InChI=1S/C11H15N5O6S.Na.H/c1-13(2)10(17)9-8-6(4-12-14(8)3)7-5-15(9)11(18)16(7)22-23(19,20)21;;/h4,7,9H,5H2,1-3H3,(H,19,20,21);;/q;+1;-1/t7-,9-;;/m1../s1. The number of amides is 3. The molecule has 2 bridgehead atoms. The van der Waals surface area contributed by atoms with Crippen molar-refractivity contribution in [3.05, 3.63) is 17.5 Å². The van der Waals surface area contributed by atoms with Gasteiger partial charge in [-0.05, 0) is 0 Å². The Morgan fingerprint density at radius 1 is 1.50 bits per heavy atom. The molecule has 128 valence electrons. The number of aromatic nitrogens is 2.